The van der Waals surface area contributed by atoms with Crippen LogP contribution in [0.1, 0.15) is 31.4 Å². The maximum absolute atomic E-state index is 15.2. The molecule has 3 aromatic rings. The van der Waals surface area contributed by atoms with Crippen LogP contribution in [-0.2, 0) is 22.5 Å². The molecule has 192 valence electrons. The molecule has 1 fully saturated rings. The second-order valence-electron chi connectivity index (χ2n) is 9.40. The Morgan fingerprint density at radius 1 is 1.11 bits per heavy atom. The van der Waals surface area contributed by atoms with Crippen LogP contribution in [0.5, 0.6) is 5.75 Å². The highest BCUT2D eigenvalue weighted by molar-refractivity contribution is 7.98. The minimum atomic E-state index is -0.937. The average Bonchev–Trinajstić information content (AvgIpc) is 3.23. The molecule has 1 aliphatic rings. The number of thioether (sulfide) groups is 1. The summed E-state index contributed by atoms with van der Waals surface area (Å²) in [6, 6.07) is 14.6. The van der Waals surface area contributed by atoms with Gasteiger partial charge in [-0.25, -0.2) is 9.18 Å². The molecule has 1 saturated carbocycles. The summed E-state index contributed by atoms with van der Waals surface area (Å²) in [6.45, 7) is 0.980. The fourth-order valence-corrected chi connectivity index (χ4v) is 5.43. The van der Waals surface area contributed by atoms with Crippen molar-refractivity contribution >= 4 is 17.7 Å². The molecule has 2 aromatic carbocycles. The number of benzene rings is 2. The number of rotatable bonds is 11. The Morgan fingerprint density at radius 3 is 2.53 bits per heavy atom. The summed E-state index contributed by atoms with van der Waals surface area (Å²) in [6.07, 6.45) is 6.81. The maximum Gasteiger partial charge on any atom is 0.329 e. The number of carbonyl (C=O) groups is 1. The van der Waals surface area contributed by atoms with E-state index in [-0.39, 0.29) is 12.4 Å². The lowest BCUT2D eigenvalue weighted by atomic mass is 9.82. The van der Waals surface area contributed by atoms with Gasteiger partial charge in [-0.15, -0.1) is 0 Å². The fourth-order valence-electron chi connectivity index (χ4n) is 5.03. The second kappa shape index (κ2) is 12.4. The summed E-state index contributed by atoms with van der Waals surface area (Å²) in [7, 11) is 0. The van der Waals surface area contributed by atoms with Gasteiger partial charge in [0.05, 0.1) is 6.61 Å². The van der Waals surface area contributed by atoms with Crippen molar-refractivity contribution in [1.82, 2.24) is 9.78 Å². The SMILES string of the molecule is CSCCc1c(-c2cccc(O)c2F)c(-c2ccccc2)nn1C[C@H]1CC[C@H](COCC(=O)O)CC1. The lowest BCUT2D eigenvalue weighted by Crippen LogP contribution is -2.24. The first-order valence-electron chi connectivity index (χ1n) is 12.4. The molecule has 0 atom stereocenters. The summed E-state index contributed by atoms with van der Waals surface area (Å²) in [5, 5.41) is 23.9. The predicted molar refractivity (Wildman–Crippen MR) is 141 cm³/mol. The minimum absolute atomic E-state index is 0.247. The first-order valence-corrected chi connectivity index (χ1v) is 13.8. The maximum atomic E-state index is 15.2. The molecule has 0 amide bonds. The van der Waals surface area contributed by atoms with Gasteiger partial charge in [-0.3, -0.25) is 4.68 Å². The molecule has 36 heavy (non-hydrogen) atoms. The molecule has 1 aliphatic carbocycles. The van der Waals surface area contributed by atoms with Crippen LogP contribution in [0, 0.1) is 17.7 Å². The van der Waals surface area contributed by atoms with E-state index in [1.165, 1.54) is 6.07 Å². The van der Waals surface area contributed by atoms with Crippen LogP contribution in [0.4, 0.5) is 4.39 Å². The predicted octanol–water partition coefficient (Wildman–Crippen LogP) is 5.87. The first-order chi connectivity index (χ1) is 17.5. The zero-order valence-electron chi connectivity index (χ0n) is 20.5. The normalized spacial score (nSPS) is 17.8. The van der Waals surface area contributed by atoms with Gasteiger partial charge in [0.1, 0.15) is 12.3 Å². The lowest BCUT2D eigenvalue weighted by Gasteiger charge is -2.28. The number of phenolic OH excluding ortho intramolecular Hbond substituents is 1. The number of ether oxygens (including phenoxy) is 1. The molecule has 0 bridgehead atoms. The smallest absolute Gasteiger partial charge is 0.329 e. The van der Waals surface area contributed by atoms with E-state index in [0.717, 1.165) is 66.9 Å². The summed E-state index contributed by atoms with van der Waals surface area (Å²) >= 11 is 1.74. The van der Waals surface area contributed by atoms with Crippen molar-refractivity contribution < 1.29 is 24.1 Å². The fraction of sp³-hybridized carbons (Fsp3) is 0.429. The van der Waals surface area contributed by atoms with Gasteiger partial charge in [-0.1, -0.05) is 42.5 Å². The largest absolute Gasteiger partial charge is 0.505 e. The number of aliphatic carboxylic acids is 1. The van der Waals surface area contributed by atoms with E-state index in [9.17, 15) is 9.90 Å². The van der Waals surface area contributed by atoms with Crippen LogP contribution in [0.3, 0.4) is 0 Å². The molecule has 1 aromatic heterocycles. The Bertz CT molecular complexity index is 1160. The van der Waals surface area contributed by atoms with E-state index in [0.29, 0.717) is 24.0 Å². The molecule has 0 aliphatic heterocycles. The van der Waals surface area contributed by atoms with E-state index in [1.54, 1.807) is 23.9 Å². The monoisotopic (exact) mass is 512 g/mol. The van der Waals surface area contributed by atoms with Gasteiger partial charge in [-0.2, -0.15) is 16.9 Å². The van der Waals surface area contributed by atoms with Crippen molar-refractivity contribution in [1.29, 1.82) is 0 Å². The number of hydrogen-bond donors (Lipinski definition) is 2. The molecule has 6 nitrogen and oxygen atoms in total. The quantitative estimate of drug-likeness (QED) is 0.334. The highest BCUT2D eigenvalue weighted by atomic mass is 32.2. The van der Waals surface area contributed by atoms with Crippen molar-refractivity contribution in [3.63, 3.8) is 0 Å². The van der Waals surface area contributed by atoms with E-state index in [2.05, 4.69) is 10.9 Å². The Labute approximate surface area is 215 Å². The highest BCUT2D eigenvalue weighted by Gasteiger charge is 2.27. The third kappa shape index (κ3) is 6.28. The Morgan fingerprint density at radius 2 is 1.83 bits per heavy atom. The van der Waals surface area contributed by atoms with Crippen molar-refractivity contribution in [2.75, 3.05) is 25.2 Å². The number of phenols is 1. The topological polar surface area (TPSA) is 84.6 Å². The highest BCUT2D eigenvalue weighted by Crippen LogP contribution is 2.39. The molecule has 2 N–H and O–H groups in total. The molecule has 0 unspecified atom stereocenters. The molecule has 0 radical (unpaired) electrons. The first kappa shape index (κ1) is 26.2. The number of halogens is 1. The van der Waals surface area contributed by atoms with Crippen molar-refractivity contribution in [3.05, 3.63) is 60.0 Å². The number of aromatic hydroxyl groups is 1. The number of aromatic nitrogens is 2. The van der Waals surface area contributed by atoms with Gasteiger partial charge in [0.25, 0.3) is 0 Å². The number of nitrogens with zero attached hydrogens (tertiary/aromatic N) is 2. The second-order valence-corrected chi connectivity index (χ2v) is 10.4. The average molecular weight is 513 g/mol. The van der Waals surface area contributed by atoms with Crippen LogP contribution in [-0.4, -0.2) is 51.2 Å². The number of carboxylic acid groups (broad SMARTS) is 1. The number of hydrogen-bond acceptors (Lipinski definition) is 5. The van der Waals surface area contributed by atoms with Gasteiger partial charge in [0, 0.05) is 28.9 Å². The molecular weight excluding hydrogens is 479 g/mol. The molecule has 1 heterocycles. The van der Waals surface area contributed by atoms with E-state index < -0.39 is 11.8 Å². The van der Waals surface area contributed by atoms with Crippen LogP contribution in [0.15, 0.2) is 48.5 Å². The Hall–Kier alpha value is -2.84. The van der Waals surface area contributed by atoms with Gasteiger partial charge in [0.15, 0.2) is 11.6 Å². The molecule has 0 saturated heterocycles. The summed E-state index contributed by atoms with van der Waals surface area (Å²) in [5.74, 6) is -0.236. The Kier molecular flexibility index (Phi) is 9.04. The summed E-state index contributed by atoms with van der Waals surface area (Å²) in [4.78, 5) is 10.7. The zero-order chi connectivity index (χ0) is 25.5. The molecule has 4 rings (SSSR count). The Balaban J connectivity index is 1.64. The van der Waals surface area contributed by atoms with Crippen LogP contribution in [0.2, 0.25) is 0 Å². The molecule has 8 heteroatoms. The van der Waals surface area contributed by atoms with Crippen LogP contribution < -0.4 is 0 Å². The minimum Gasteiger partial charge on any atom is -0.505 e. The standard InChI is InChI=1S/C28H33FN2O4S/c1-36-15-14-23-26(22-8-5-9-24(32)27(22)29)28(21-6-3-2-4-7-21)30-31(23)16-19-10-12-20(13-11-19)17-35-18-25(33)34/h2-9,19-20,32H,10-18H2,1H3,(H,33,34)/t19-,20-. The van der Waals surface area contributed by atoms with Gasteiger partial charge in [0.2, 0.25) is 0 Å². The third-order valence-electron chi connectivity index (χ3n) is 6.87. The summed E-state index contributed by atoms with van der Waals surface area (Å²) in [5.41, 5.74) is 3.75. The van der Waals surface area contributed by atoms with E-state index in [1.807, 2.05) is 30.3 Å². The third-order valence-corrected chi connectivity index (χ3v) is 7.48. The van der Waals surface area contributed by atoms with Crippen molar-refractivity contribution in [2.24, 2.45) is 11.8 Å². The van der Waals surface area contributed by atoms with Crippen molar-refractivity contribution in [2.45, 2.75) is 38.6 Å². The number of carboxylic acids is 1. The van der Waals surface area contributed by atoms with Crippen molar-refractivity contribution in [3.8, 4) is 28.1 Å². The van der Waals surface area contributed by atoms with E-state index >= 15 is 4.39 Å². The van der Waals surface area contributed by atoms with Gasteiger partial charge >= 0.3 is 5.97 Å². The summed E-state index contributed by atoms with van der Waals surface area (Å²) < 4.78 is 22.6. The van der Waals surface area contributed by atoms with E-state index in [4.69, 9.17) is 14.9 Å². The van der Waals surface area contributed by atoms with Gasteiger partial charge in [-0.05, 0) is 62.0 Å². The van der Waals surface area contributed by atoms with Crippen LogP contribution in [0.25, 0.3) is 22.4 Å². The van der Waals surface area contributed by atoms with Gasteiger partial charge < -0.3 is 14.9 Å². The van der Waals surface area contributed by atoms with Crippen LogP contribution >= 0.6 is 11.8 Å². The zero-order valence-corrected chi connectivity index (χ0v) is 21.3. The molecular formula is C28H33FN2O4S. The molecule has 0 spiro atoms. The lowest BCUT2D eigenvalue weighted by molar-refractivity contribution is -0.142.